The third-order valence-corrected chi connectivity index (χ3v) is 5.67. The molecule has 2 heterocycles. The van der Waals surface area contributed by atoms with Gasteiger partial charge in [0.1, 0.15) is 11.8 Å². The van der Waals surface area contributed by atoms with Crippen molar-refractivity contribution in [3.8, 4) is 5.75 Å². The quantitative estimate of drug-likeness (QED) is 0.399. The van der Waals surface area contributed by atoms with Crippen molar-refractivity contribution in [1.82, 2.24) is 9.88 Å². The molecule has 5 amide bonds. The second-order valence-corrected chi connectivity index (χ2v) is 8.36. The highest BCUT2D eigenvalue weighted by Gasteiger charge is 2.43. The lowest BCUT2D eigenvalue weighted by atomic mass is 10.2. The maximum absolute atomic E-state index is 13.1. The van der Waals surface area contributed by atoms with Crippen molar-refractivity contribution in [3.05, 3.63) is 77.6 Å². The Bertz CT molecular complexity index is 1320. The molecule has 1 aliphatic rings. The van der Waals surface area contributed by atoms with Crippen molar-refractivity contribution in [2.75, 3.05) is 15.5 Å². The number of pyridine rings is 1. The van der Waals surface area contributed by atoms with Crippen LogP contribution >= 0.6 is 11.6 Å². The molecule has 192 valence electrons. The standard InChI is InChI=1S/C24H19ClF3N5O4/c1-14-21(34)33(18-6-8-19(9-7-18)37-24(26,27)28)23(36)32(14)13-15-10-11-29-12-20(15)31-22(35)30-17-4-2-16(25)3-5-17/h2-12,14H,13H2,1H3,(H2,30,31,35). The number of nitrogens with zero attached hydrogens (tertiary/aromatic N) is 3. The van der Waals surface area contributed by atoms with Gasteiger partial charge in [-0.2, -0.15) is 0 Å². The van der Waals surface area contributed by atoms with E-state index in [-0.39, 0.29) is 12.2 Å². The van der Waals surface area contributed by atoms with E-state index in [1.807, 2.05) is 0 Å². The van der Waals surface area contributed by atoms with Crippen LogP contribution in [-0.4, -0.2) is 40.3 Å². The number of halogens is 4. The van der Waals surface area contributed by atoms with Crippen molar-refractivity contribution >= 4 is 46.6 Å². The molecule has 1 aromatic heterocycles. The molecule has 1 aliphatic heterocycles. The third kappa shape index (κ3) is 6.09. The van der Waals surface area contributed by atoms with Crippen molar-refractivity contribution in [1.29, 1.82) is 0 Å². The Morgan fingerprint density at radius 1 is 1.05 bits per heavy atom. The van der Waals surface area contributed by atoms with Crippen LogP contribution in [0.5, 0.6) is 5.75 Å². The minimum Gasteiger partial charge on any atom is -0.406 e. The monoisotopic (exact) mass is 533 g/mol. The fraction of sp³-hybridized carbons (Fsp3) is 0.167. The van der Waals surface area contributed by atoms with Gasteiger partial charge in [-0.05, 0) is 67.1 Å². The Balaban J connectivity index is 1.48. The summed E-state index contributed by atoms with van der Waals surface area (Å²) in [6.07, 6.45) is -1.99. The Hall–Kier alpha value is -4.32. The first-order valence-electron chi connectivity index (χ1n) is 10.8. The lowest BCUT2D eigenvalue weighted by Crippen LogP contribution is -2.34. The van der Waals surface area contributed by atoms with Crippen molar-refractivity contribution in [3.63, 3.8) is 0 Å². The van der Waals surface area contributed by atoms with Crippen LogP contribution in [0.1, 0.15) is 12.5 Å². The lowest BCUT2D eigenvalue weighted by Gasteiger charge is -2.21. The van der Waals surface area contributed by atoms with Crippen molar-refractivity contribution in [2.24, 2.45) is 0 Å². The predicted molar refractivity (Wildman–Crippen MR) is 129 cm³/mol. The van der Waals surface area contributed by atoms with Gasteiger partial charge in [-0.1, -0.05) is 11.6 Å². The van der Waals surface area contributed by atoms with Gasteiger partial charge in [-0.15, -0.1) is 13.2 Å². The van der Waals surface area contributed by atoms with E-state index >= 15 is 0 Å². The summed E-state index contributed by atoms with van der Waals surface area (Å²) < 4.78 is 41.1. The number of carbonyl (C=O) groups is 3. The number of hydrogen-bond acceptors (Lipinski definition) is 5. The fourth-order valence-electron chi connectivity index (χ4n) is 3.62. The first-order chi connectivity index (χ1) is 17.5. The minimum absolute atomic E-state index is 0.0451. The van der Waals surface area contributed by atoms with E-state index in [4.69, 9.17) is 11.6 Å². The maximum Gasteiger partial charge on any atom is 0.573 e. The van der Waals surface area contributed by atoms with Crippen LogP contribution in [0.3, 0.4) is 0 Å². The number of rotatable bonds is 6. The number of carbonyl (C=O) groups excluding carboxylic acids is 3. The summed E-state index contributed by atoms with van der Waals surface area (Å²) in [6, 6.07) is 10.4. The van der Waals surface area contributed by atoms with Gasteiger partial charge in [-0.3, -0.25) is 9.78 Å². The zero-order valence-corrected chi connectivity index (χ0v) is 19.9. The summed E-state index contributed by atoms with van der Waals surface area (Å²) in [6.45, 7) is 1.49. The van der Waals surface area contributed by atoms with Crippen LogP contribution in [0.4, 0.5) is 39.8 Å². The second kappa shape index (κ2) is 10.3. The zero-order valence-electron chi connectivity index (χ0n) is 19.1. The van der Waals surface area contributed by atoms with Gasteiger partial charge < -0.3 is 20.3 Å². The average Bonchev–Trinajstić information content (AvgIpc) is 3.04. The largest absolute Gasteiger partial charge is 0.573 e. The van der Waals surface area contributed by atoms with Crippen LogP contribution in [0, 0.1) is 0 Å². The Morgan fingerprint density at radius 2 is 1.73 bits per heavy atom. The molecule has 37 heavy (non-hydrogen) atoms. The van der Waals surface area contributed by atoms with Gasteiger partial charge in [0.05, 0.1) is 24.1 Å². The first kappa shape index (κ1) is 25.8. The van der Waals surface area contributed by atoms with Gasteiger partial charge in [0.25, 0.3) is 5.91 Å². The van der Waals surface area contributed by atoms with Crippen LogP contribution in [0.25, 0.3) is 0 Å². The van der Waals surface area contributed by atoms with E-state index in [2.05, 4.69) is 20.4 Å². The summed E-state index contributed by atoms with van der Waals surface area (Å²) in [4.78, 5) is 44.7. The fourth-order valence-corrected chi connectivity index (χ4v) is 3.75. The molecule has 1 atom stereocenters. The van der Waals surface area contributed by atoms with Crippen LogP contribution in [0.2, 0.25) is 5.02 Å². The lowest BCUT2D eigenvalue weighted by molar-refractivity contribution is -0.274. The van der Waals surface area contributed by atoms with E-state index in [1.165, 1.54) is 36.4 Å². The molecule has 0 saturated carbocycles. The molecule has 9 nitrogen and oxygen atoms in total. The third-order valence-electron chi connectivity index (χ3n) is 5.41. The normalized spacial score (nSPS) is 15.6. The van der Waals surface area contributed by atoms with Gasteiger partial charge in [0, 0.05) is 16.9 Å². The molecule has 4 rings (SSSR count). The molecular formula is C24H19ClF3N5O4. The molecule has 0 radical (unpaired) electrons. The summed E-state index contributed by atoms with van der Waals surface area (Å²) in [7, 11) is 0. The number of hydrogen-bond donors (Lipinski definition) is 2. The van der Waals surface area contributed by atoms with Crippen LogP contribution < -0.4 is 20.3 Å². The smallest absolute Gasteiger partial charge is 0.406 e. The summed E-state index contributed by atoms with van der Waals surface area (Å²) in [5.74, 6) is -1.04. The molecule has 0 spiro atoms. The number of anilines is 3. The zero-order chi connectivity index (χ0) is 26.7. The number of aromatic nitrogens is 1. The predicted octanol–water partition coefficient (Wildman–Crippen LogP) is 5.63. The molecule has 2 aromatic carbocycles. The highest BCUT2D eigenvalue weighted by Crippen LogP contribution is 2.30. The van der Waals surface area contributed by atoms with Crippen molar-refractivity contribution < 1.29 is 32.3 Å². The van der Waals surface area contributed by atoms with Crippen molar-refractivity contribution in [2.45, 2.75) is 25.9 Å². The van der Waals surface area contributed by atoms with Gasteiger partial charge in [-0.25, -0.2) is 14.5 Å². The molecule has 0 aliphatic carbocycles. The molecule has 2 N–H and O–H groups in total. The number of urea groups is 2. The Morgan fingerprint density at radius 3 is 2.38 bits per heavy atom. The first-order valence-corrected chi connectivity index (χ1v) is 11.2. The number of benzene rings is 2. The maximum atomic E-state index is 13.1. The number of nitrogens with one attached hydrogen (secondary N) is 2. The number of amides is 5. The molecule has 3 aromatic rings. The number of alkyl halides is 3. The van der Waals surface area contributed by atoms with E-state index in [0.29, 0.717) is 22.0 Å². The summed E-state index contributed by atoms with van der Waals surface area (Å²) >= 11 is 5.85. The minimum atomic E-state index is -4.87. The van der Waals surface area contributed by atoms with Gasteiger partial charge in [0.15, 0.2) is 0 Å². The molecule has 1 unspecified atom stereocenters. The highest BCUT2D eigenvalue weighted by molar-refractivity contribution is 6.30. The highest BCUT2D eigenvalue weighted by atomic mass is 35.5. The SMILES string of the molecule is CC1C(=O)N(c2ccc(OC(F)(F)F)cc2)C(=O)N1Cc1ccncc1NC(=O)Nc1ccc(Cl)cc1. The Labute approximate surface area is 213 Å². The van der Waals surface area contributed by atoms with E-state index in [9.17, 15) is 27.6 Å². The Kier molecular flexibility index (Phi) is 7.21. The molecule has 0 bridgehead atoms. The van der Waals surface area contributed by atoms with E-state index < -0.39 is 36.1 Å². The number of ether oxygens (including phenoxy) is 1. The van der Waals surface area contributed by atoms with E-state index in [0.717, 1.165) is 17.0 Å². The van der Waals surface area contributed by atoms with Gasteiger partial charge in [0.2, 0.25) is 0 Å². The summed E-state index contributed by atoms with van der Waals surface area (Å²) in [5.41, 5.74) is 1.41. The van der Waals surface area contributed by atoms with Gasteiger partial charge >= 0.3 is 18.4 Å². The van der Waals surface area contributed by atoms with E-state index in [1.54, 1.807) is 30.3 Å². The van der Waals surface area contributed by atoms with Crippen LogP contribution in [-0.2, 0) is 11.3 Å². The summed E-state index contributed by atoms with van der Waals surface area (Å²) in [5, 5.41) is 5.83. The molecule has 1 fully saturated rings. The topological polar surface area (TPSA) is 104 Å². The molecule has 13 heteroatoms. The average molecular weight is 534 g/mol. The molecular weight excluding hydrogens is 515 g/mol. The number of imide groups is 1. The molecule has 1 saturated heterocycles. The van der Waals surface area contributed by atoms with Crippen LogP contribution in [0.15, 0.2) is 67.0 Å². The second-order valence-electron chi connectivity index (χ2n) is 7.92.